The third kappa shape index (κ3) is 8.26. The van der Waals surface area contributed by atoms with Crippen molar-refractivity contribution in [1.29, 1.82) is 0 Å². The van der Waals surface area contributed by atoms with Crippen LogP contribution in [0.5, 0.6) is 17.2 Å². The molecule has 8 nitrogen and oxygen atoms in total. The van der Waals surface area contributed by atoms with E-state index in [1.807, 2.05) is 52.0 Å². The van der Waals surface area contributed by atoms with Crippen molar-refractivity contribution in [2.75, 3.05) is 13.2 Å². The van der Waals surface area contributed by atoms with Crippen molar-refractivity contribution in [1.82, 2.24) is 5.53 Å². The molecule has 0 spiro atoms. The molecule has 2 rings (SSSR count). The van der Waals surface area contributed by atoms with Gasteiger partial charge in [-0.2, -0.15) is 0 Å². The van der Waals surface area contributed by atoms with E-state index >= 15 is 0 Å². The van der Waals surface area contributed by atoms with E-state index in [0.29, 0.717) is 48.8 Å². The molecule has 0 aromatic heterocycles. The lowest BCUT2D eigenvalue weighted by molar-refractivity contribution is 0.0937. The van der Waals surface area contributed by atoms with Gasteiger partial charge < -0.3 is 20.3 Å². The number of nitrogens with one attached hydrogen (secondary N) is 1. The molecule has 0 aliphatic rings. The number of carbonyl (C=O) groups is 1. The molecule has 0 saturated heterocycles. The molecular formula is C26H38N4O4. The van der Waals surface area contributed by atoms with Gasteiger partial charge in [0.2, 0.25) is 0 Å². The molecule has 186 valence electrons. The van der Waals surface area contributed by atoms with Gasteiger partial charge in [-0.15, -0.1) is 5.10 Å². The van der Waals surface area contributed by atoms with Crippen LogP contribution in [0.25, 0.3) is 0 Å². The van der Waals surface area contributed by atoms with Crippen LogP contribution in [0, 0.1) is 5.41 Å². The Balaban J connectivity index is 1.86. The molecule has 2 aromatic rings. The van der Waals surface area contributed by atoms with E-state index in [1.54, 1.807) is 12.1 Å². The number of phenols is 1. The fourth-order valence-corrected chi connectivity index (χ4v) is 3.48. The molecule has 0 saturated carbocycles. The Morgan fingerprint density at radius 3 is 2.29 bits per heavy atom. The number of hydrazone groups is 1. The molecule has 0 bridgehead atoms. The second-order valence-electron chi connectivity index (χ2n) is 9.40. The highest BCUT2D eigenvalue weighted by atomic mass is 16.5. The van der Waals surface area contributed by atoms with Gasteiger partial charge in [0.15, 0.2) is 11.6 Å². The molecule has 2 aromatic carbocycles. The maximum Gasteiger partial charge on any atom is 0.167 e. The van der Waals surface area contributed by atoms with Crippen LogP contribution in [-0.2, 0) is 6.42 Å². The summed E-state index contributed by atoms with van der Waals surface area (Å²) in [5.41, 5.74) is 9.61. The van der Waals surface area contributed by atoms with Crippen LogP contribution in [0.1, 0.15) is 74.9 Å². The molecule has 0 atom stereocenters. The van der Waals surface area contributed by atoms with Gasteiger partial charge in [0, 0.05) is 17.5 Å². The summed E-state index contributed by atoms with van der Waals surface area (Å²) in [6, 6.07) is 10.7. The van der Waals surface area contributed by atoms with Crippen molar-refractivity contribution in [3.8, 4) is 17.2 Å². The minimum absolute atomic E-state index is 0.0494. The normalized spacial score (nSPS) is 11.9. The third-order valence-corrected chi connectivity index (χ3v) is 5.13. The number of unbranched alkanes of at least 4 members (excludes halogenated alkanes) is 1. The van der Waals surface area contributed by atoms with Crippen molar-refractivity contribution in [3.63, 3.8) is 0 Å². The van der Waals surface area contributed by atoms with Gasteiger partial charge in [0.25, 0.3) is 0 Å². The minimum Gasteiger partial charge on any atom is -0.507 e. The van der Waals surface area contributed by atoms with Crippen LogP contribution in [0.4, 0.5) is 0 Å². The molecule has 34 heavy (non-hydrogen) atoms. The number of amidine groups is 1. The zero-order valence-electron chi connectivity index (χ0n) is 20.7. The second-order valence-corrected chi connectivity index (χ2v) is 9.40. The highest BCUT2D eigenvalue weighted by molar-refractivity contribution is 5.99. The summed E-state index contributed by atoms with van der Waals surface area (Å²) < 4.78 is 11.7. The van der Waals surface area contributed by atoms with Crippen LogP contribution < -0.4 is 26.6 Å². The number of phenolic OH excluding ortho intramolecular Hbond substituents is 1. The number of ketones is 1. The van der Waals surface area contributed by atoms with Crippen LogP contribution in [0.15, 0.2) is 41.5 Å². The number of aromatic hydroxyl groups is 1. The SMILES string of the molecule is CCCc1c(OCCCCOc2ccc(/C(N)=N/NN)cc2)ccc(C(=O)CC(C)(C)C)c1O. The zero-order chi connectivity index (χ0) is 25.1. The first-order valence-corrected chi connectivity index (χ1v) is 11.7. The number of Topliss-reactive ketones (excluding diaryl/α,β-unsaturated/α-hetero) is 1. The average Bonchev–Trinajstić information content (AvgIpc) is 2.77. The summed E-state index contributed by atoms with van der Waals surface area (Å²) in [5.74, 6) is 6.80. The maximum atomic E-state index is 12.6. The molecule has 0 unspecified atom stereocenters. The number of hydrogen-bond acceptors (Lipinski definition) is 7. The Morgan fingerprint density at radius 2 is 1.71 bits per heavy atom. The first kappa shape index (κ1) is 27.0. The highest BCUT2D eigenvalue weighted by Crippen LogP contribution is 2.35. The third-order valence-electron chi connectivity index (χ3n) is 5.13. The molecule has 0 fully saturated rings. The molecule has 0 amide bonds. The number of ether oxygens (including phenoxy) is 2. The lowest BCUT2D eigenvalue weighted by atomic mass is 9.87. The summed E-state index contributed by atoms with van der Waals surface area (Å²) in [6.45, 7) is 9.11. The van der Waals surface area contributed by atoms with Crippen molar-refractivity contribution >= 4 is 11.6 Å². The van der Waals surface area contributed by atoms with E-state index in [9.17, 15) is 9.90 Å². The van der Waals surface area contributed by atoms with Gasteiger partial charge in [0.1, 0.15) is 17.2 Å². The Labute approximate surface area is 202 Å². The van der Waals surface area contributed by atoms with Gasteiger partial charge in [-0.3, -0.25) is 4.79 Å². The smallest absolute Gasteiger partial charge is 0.167 e. The van der Waals surface area contributed by atoms with Gasteiger partial charge in [0.05, 0.1) is 18.8 Å². The molecule has 8 heteroatoms. The van der Waals surface area contributed by atoms with Crippen molar-refractivity contribution in [2.24, 2.45) is 22.1 Å². The number of nitrogens with zero attached hydrogens (tertiary/aromatic N) is 1. The lowest BCUT2D eigenvalue weighted by Crippen LogP contribution is -2.22. The van der Waals surface area contributed by atoms with Gasteiger partial charge in [-0.25, -0.2) is 11.4 Å². The number of benzene rings is 2. The summed E-state index contributed by atoms with van der Waals surface area (Å²) in [6.07, 6.45) is 3.46. The fourth-order valence-electron chi connectivity index (χ4n) is 3.48. The van der Waals surface area contributed by atoms with E-state index < -0.39 is 0 Å². The standard InChI is InChI=1S/C26H38N4O4/c1-5-8-21-23(14-13-20(24(21)32)22(31)17-26(2,3)4)34-16-7-6-15-33-19-11-9-18(10-12-19)25(27)29-30-28/h9-14,30,32H,5-8,15-17,28H2,1-4H3,(H2,27,29). The average molecular weight is 471 g/mol. The van der Waals surface area contributed by atoms with E-state index in [1.165, 1.54) is 0 Å². The number of hydrogen-bond donors (Lipinski definition) is 4. The van der Waals surface area contributed by atoms with Crippen molar-refractivity contribution in [2.45, 2.75) is 59.8 Å². The van der Waals surface area contributed by atoms with E-state index in [4.69, 9.17) is 21.1 Å². The van der Waals surface area contributed by atoms with Crippen LogP contribution in [-0.4, -0.2) is 29.9 Å². The first-order chi connectivity index (χ1) is 16.2. The molecule has 6 N–H and O–H groups in total. The van der Waals surface area contributed by atoms with Crippen molar-refractivity contribution in [3.05, 3.63) is 53.1 Å². The molecule has 0 radical (unpaired) electrons. The van der Waals surface area contributed by atoms with E-state index in [2.05, 4.69) is 10.6 Å². The number of carbonyl (C=O) groups excluding carboxylic acids is 1. The summed E-state index contributed by atoms with van der Waals surface area (Å²) in [7, 11) is 0. The topological polar surface area (TPSA) is 132 Å². The fraction of sp³-hybridized carbons (Fsp3) is 0.462. The van der Waals surface area contributed by atoms with E-state index in [0.717, 1.165) is 30.6 Å². The Kier molecular flexibility index (Phi) is 10.2. The highest BCUT2D eigenvalue weighted by Gasteiger charge is 2.22. The molecular weight excluding hydrogens is 432 g/mol. The van der Waals surface area contributed by atoms with Gasteiger partial charge >= 0.3 is 0 Å². The predicted molar refractivity (Wildman–Crippen MR) is 135 cm³/mol. The molecule has 0 aliphatic heterocycles. The Hall–Kier alpha value is -3.26. The number of hydrazine groups is 1. The van der Waals surface area contributed by atoms with E-state index in [-0.39, 0.29) is 16.9 Å². The summed E-state index contributed by atoms with van der Waals surface area (Å²) >= 11 is 0. The minimum atomic E-state index is -0.142. The van der Waals surface area contributed by atoms with Crippen molar-refractivity contribution < 1.29 is 19.4 Å². The summed E-state index contributed by atoms with van der Waals surface area (Å²) in [5, 5.41) is 14.5. The summed E-state index contributed by atoms with van der Waals surface area (Å²) in [4.78, 5) is 12.6. The van der Waals surface area contributed by atoms with Crippen LogP contribution >= 0.6 is 0 Å². The maximum absolute atomic E-state index is 12.6. The molecule has 0 heterocycles. The van der Waals surface area contributed by atoms with Crippen LogP contribution in [0.2, 0.25) is 0 Å². The van der Waals surface area contributed by atoms with Gasteiger partial charge in [-0.1, -0.05) is 34.1 Å². The monoisotopic (exact) mass is 470 g/mol. The first-order valence-electron chi connectivity index (χ1n) is 11.7. The quantitative estimate of drug-likeness (QED) is 0.0857. The Morgan fingerprint density at radius 1 is 1.06 bits per heavy atom. The number of rotatable bonds is 13. The largest absolute Gasteiger partial charge is 0.507 e. The number of nitrogens with two attached hydrogens (primary N) is 2. The second kappa shape index (κ2) is 12.8. The van der Waals surface area contributed by atoms with Gasteiger partial charge in [-0.05, 0) is 61.1 Å². The lowest BCUT2D eigenvalue weighted by Gasteiger charge is -2.19. The van der Waals surface area contributed by atoms with Crippen LogP contribution in [0.3, 0.4) is 0 Å². The molecule has 0 aliphatic carbocycles. The zero-order valence-corrected chi connectivity index (χ0v) is 20.7. The Bertz CT molecular complexity index is 966. The predicted octanol–water partition coefficient (Wildman–Crippen LogP) is 4.29.